The van der Waals surface area contributed by atoms with Gasteiger partial charge in [0.05, 0.1) is 0 Å². The minimum absolute atomic E-state index is 0.0103. The number of amides is 9. The van der Waals surface area contributed by atoms with Crippen molar-refractivity contribution in [2.75, 3.05) is 13.1 Å². The van der Waals surface area contributed by atoms with Crippen LogP contribution in [0.5, 0.6) is 5.75 Å². The fourth-order valence-corrected chi connectivity index (χ4v) is 10.2. The summed E-state index contributed by atoms with van der Waals surface area (Å²) in [5.41, 5.74) is 1.26. The van der Waals surface area contributed by atoms with Crippen LogP contribution < -0.4 is 37.2 Å². The number of carbonyl (C=O) groups is 9. The van der Waals surface area contributed by atoms with E-state index in [0.29, 0.717) is 43.2 Å². The van der Waals surface area contributed by atoms with Gasteiger partial charge < -0.3 is 52.1 Å². The van der Waals surface area contributed by atoms with E-state index in [4.69, 9.17) is 0 Å². The van der Waals surface area contributed by atoms with Crippen molar-refractivity contribution < 1.29 is 48.3 Å². The average Bonchev–Trinajstić information content (AvgIpc) is 4.09. The molecule has 0 aliphatic carbocycles. The molecule has 0 aromatic heterocycles. The summed E-state index contributed by atoms with van der Waals surface area (Å²) in [4.78, 5) is 134. The molecule has 3 saturated heterocycles. The Labute approximate surface area is 449 Å². The van der Waals surface area contributed by atoms with E-state index in [1.54, 1.807) is 64.1 Å². The first-order valence-electron chi connectivity index (χ1n) is 27.6. The number of nitrogens with zero attached hydrogens (tertiary/aromatic N) is 2. The minimum Gasteiger partial charge on any atom is -0.508 e. The molecule has 8 N–H and O–H groups in total. The Morgan fingerprint density at radius 3 is 1.34 bits per heavy atom. The highest BCUT2D eigenvalue weighted by Crippen LogP contribution is 2.27. The molecule has 0 saturated carbocycles. The van der Waals surface area contributed by atoms with Gasteiger partial charge in [0.25, 0.3) is 0 Å². The van der Waals surface area contributed by atoms with Crippen LogP contribution in [0.1, 0.15) is 132 Å². The molecule has 5 rings (SSSR count). The molecule has 3 aliphatic heterocycles. The molecule has 0 spiro atoms. The first kappa shape index (κ1) is 60.3. The Hall–Kier alpha value is -6.53. The Kier molecular flexibility index (Phi) is 22.2. The number of nitrogens with one attached hydrogen (secondary N) is 7. The first-order valence-corrected chi connectivity index (χ1v) is 27.6. The second-order valence-electron chi connectivity index (χ2n) is 22.4. The maximum Gasteiger partial charge on any atom is 0.246 e. The van der Waals surface area contributed by atoms with Crippen molar-refractivity contribution in [2.45, 2.75) is 188 Å². The van der Waals surface area contributed by atoms with Crippen molar-refractivity contribution in [2.24, 2.45) is 29.6 Å². The van der Waals surface area contributed by atoms with E-state index in [1.165, 1.54) is 21.9 Å². The van der Waals surface area contributed by atoms with E-state index in [-0.39, 0.29) is 62.8 Å². The molecular formula is C57H85N9O10. The smallest absolute Gasteiger partial charge is 0.246 e. The fraction of sp³-hybridized carbons (Fsp3) is 0.632. The standard InChI is InChI=1S/C57H85N9O10/c1-11-35(9)47-54(73)61-41(29-33(5)6)51(70)62-46(34(7)8)57(76)66-27-17-21-45(66)56(75)65-26-16-20-44(65)53(72)60-43(31-38-22-24-39(67)25-23-38)50(69)59-42(30-37-18-14-13-15-19-37)49(68)58-40(28-32(3)4)52(71)63-48(36(10)12-2)55(74)64-47/h13-15,18-19,22-25,32-36,40-48,67H,11-12,16-17,20-21,26-31H2,1-10H3,(H,58,68)(H,59,69)(H,60,72)(H,61,73)(H,62,70)(H,63,71)(H,64,74)/t35-,36-,40-,41-,42-,43+,44-,45-,46-,47-,48-/m0/s1. The minimum atomic E-state index is -1.30. The Morgan fingerprint density at radius 1 is 0.461 bits per heavy atom. The lowest BCUT2D eigenvalue weighted by Gasteiger charge is -2.35. The number of carbonyl (C=O) groups excluding carboxylic acids is 9. The van der Waals surface area contributed by atoms with Gasteiger partial charge in [-0.3, -0.25) is 43.2 Å². The van der Waals surface area contributed by atoms with E-state index in [1.807, 2.05) is 47.6 Å². The normalized spacial score (nSPS) is 27.1. The summed E-state index contributed by atoms with van der Waals surface area (Å²) in [5.74, 6) is -7.07. The van der Waals surface area contributed by atoms with Crippen LogP contribution in [0.4, 0.5) is 0 Å². The largest absolute Gasteiger partial charge is 0.508 e. The van der Waals surface area contributed by atoms with Crippen LogP contribution in [0.2, 0.25) is 0 Å². The summed E-state index contributed by atoms with van der Waals surface area (Å²) >= 11 is 0. The van der Waals surface area contributed by atoms with Gasteiger partial charge >= 0.3 is 0 Å². The predicted octanol–water partition coefficient (Wildman–Crippen LogP) is 3.41. The van der Waals surface area contributed by atoms with Gasteiger partial charge in [-0.2, -0.15) is 0 Å². The Balaban J connectivity index is 1.61. The first-order chi connectivity index (χ1) is 36.0. The molecule has 418 valence electrons. The molecule has 19 nitrogen and oxygen atoms in total. The Bertz CT molecular complexity index is 2350. The van der Waals surface area contributed by atoms with Gasteiger partial charge in [-0.05, 0) is 91.4 Å². The highest BCUT2D eigenvalue weighted by Gasteiger charge is 2.45. The fourth-order valence-electron chi connectivity index (χ4n) is 10.2. The lowest BCUT2D eigenvalue weighted by Crippen LogP contribution is -2.62. The van der Waals surface area contributed by atoms with Gasteiger partial charge in [0, 0.05) is 25.9 Å². The molecule has 11 atom stereocenters. The van der Waals surface area contributed by atoms with Crippen molar-refractivity contribution in [1.29, 1.82) is 0 Å². The molecule has 3 aliphatic rings. The molecule has 3 heterocycles. The lowest BCUT2D eigenvalue weighted by molar-refractivity contribution is -0.148. The zero-order valence-corrected chi connectivity index (χ0v) is 46.3. The summed E-state index contributed by atoms with van der Waals surface area (Å²) in [7, 11) is 0. The van der Waals surface area contributed by atoms with E-state index in [9.17, 15) is 48.3 Å². The van der Waals surface area contributed by atoms with Crippen LogP contribution in [0, 0.1) is 29.6 Å². The molecule has 0 radical (unpaired) electrons. The maximum absolute atomic E-state index is 14.8. The quantitative estimate of drug-likeness (QED) is 0.145. The van der Waals surface area contributed by atoms with Crippen LogP contribution in [-0.4, -0.2) is 136 Å². The molecule has 9 amide bonds. The third-order valence-electron chi connectivity index (χ3n) is 15.1. The topological polar surface area (TPSA) is 265 Å². The van der Waals surface area contributed by atoms with Gasteiger partial charge in [-0.1, -0.05) is 125 Å². The number of rotatable bonds is 13. The molecule has 2 aromatic carbocycles. The molecule has 2 aromatic rings. The summed E-state index contributed by atoms with van der Waals surface area (Å²) in [5, 5.41) is 30.3. The SMILES string of the molecule is CC[C@H](C)[C@@H]1NC(=O)[C@H](CC(C)C)NC(=O)[C@H](Cc2ccccc2)NC(=O)[C@@H](Cc2ccc(O)cc2)NC(=O)[C@@H]2CCCN2C(=O)[C@@H]2CCCN2C(=O)[C@H](C(C)C)NC(=O)[C@H](CC(C)C)NC(=O)[C@H]([C@@H](C)CC)NC1=O. The highest BCUT2D eigenvalue weighted by atomic mass is 16.3. The lowest BCUT2D eigenvalue weighted by atomic mass is 9.93. The summed E-state index contributed by atoms with van der Waals surface area (Å²) in [6, 6.07) is 4.83. The van der Waals surface area contributed by atoms with Crippen LogP contribution in [-0.2, 0) is 56.0 Å². The van der Waals surface area contributed by atoms with Gasteiger partial charge in [0.1, 0.15) is 60.1 Å². The number of fused-ring (bicyclic) bond motifs is 2. The number of phenolic OH excluding ortho intramolecular Hbond substituents is 1. The Morgan fingerprint density at radius 2 is 0.855 bits per heavy atom. The highest BCUT2D eigenvalue weighted by molar-refractivity contribution is 5.99. The van der Waals surface area contributed by atoms with E-state index < -0.39 is 125 Å². The summed E-state index contributed by atoms with van der Waals surface area (Å²) < 4.78 is 0. The van der Waals surface area contributed by atoms with Crippen molar-refractivity contribution in [3.05, 3.63) is 65.7 Å². The molecule has 3 fully saturated rings. The predicted molar refractivity (Wildman–Crippen MR) is 288 cm³/mol. The number of phenols is 1. The van der Waals surface area contributed by atoms with Crippen LogP contribution in [0.3, 0.4) is 0 Å². The molecular weight excluding hydrogens is 971 g/mol. The van der Waals surface area contributed by atoms with Crippen molar-refractivity contribution in [1.82, 2.24) is 47.0 Å². The second kappa shape index (κ2) is 28.0. The monoisotopic (exact) mass is 1060 g/mol. The number of hydrogen-bond donors (Lipinski definition) is 8. The van der Waals surface area contributed by atoms with Crippen molar-refractivity contribution >= 4 is 53.2 Å². The summed E-state index contributed by atoms with van der Waals surface area (Å²) in [6.07, 6.45) is 2.72. The number of benzene rings is 2. The summed E-state index contributed by atoms with van der Waals surface area (Å²) in [6.45, 7) is 18.8. The molecule has 0 bridgehead atoms. The van der Waals surface area contributed by atoms with Crippen molar-refractivity contribution in [3.63, 3.8) is 0 Å². The van der Waals surface area contributed by atoms with Gasteiger partial charge in [0.2, 0.25) is 53.2 Å². The zero-order chi connectivity index (χ0) is 56.0. The maximum atomic E-state index is 14.8. The van der Waals surface area contributed by atoms with Crippen LogP contribution in [0.25, 0.3) is 0 Å². The number of hydrogen-bond acceptors (Lipinski definition) is 10. The van der Waals surface area contributed by atoms with E-state index >= 15 is 0 Å². The molecule has 76 heavy (non-hydrogen) atoms. The second-order valence-corrected chi connectivity index (χ2v) is 22.4. The van der Waals surface area contributed by atoms with E-state index in [0.717, 1.165) is 0 Å². The van der Waals surface area contributed by atoms with Crippen LogP contribution >= 0.6 is 0 Å². The van der Waals surface area contributed by atoms with E-state index in [2.05, 4.69) is 37.2 Å². The average molecular weight is 1060 g/mol. The van der Waals surface area contributed by atoms with Crippen molar-refractivity contribution in [3.8, 4) is 5.75 Å². The van der Waals surface area contributed by atoms with Gasteiger partial charge in [-0.25, -0.2) is 0 Å². The third kappa shape index (κ3) is 16.2. The van der Waals surface area contributed by atoms with Gasteiger partial charge in [-0.15, -0.1) is 0 Å². The van der Waals surface area contributed by atoms with Crippen LogP contribution in [0.15, 0.2) is 54.6 Å². The third-order valence-corrected chi connectivity index (χ3v) is 15.1. The van der Waals surface area contributed by atoms with Gasteiger partial charge in [0.15, 0.2) is 0 Å². The molecule has 19 heteroatoms. The zero-order valence-electron chi connectivity index (χ0n) is 46.3. The number of aromatic hydroxyl groups is 1. The molecule has 0 unspecified atom stereocenters.